The third kappa shape index (κ3) is 9.91. The molecule has 4 heterocycles. The van der Waals surface area contributed by atoms with E-state index in [1.54, 1.807) is 24.5 Å². The normalized spacial score (nSPS) is 27.6. The van der Waals surface area contributed by atoms with Gasteiger partial charge >= 0.3 is 12.1 Å². The van der Waals surface area contributed by atoms with E-state index in [4.69, 9.17) is 13.9 Å². The molecule has 7 rings (SSSR count). The maximum Gasteiger partial charge on any atom is 0.407 e. The lowest BCUT2D eigenvalue weighted by Crippen LogP contribution is -2.54. The molecule has 0 saturated carbocycles. The number of hydrogen-bond donors (Lipinski definition) is 3. The van der Waals surface area contributed by atoms with Crippen molar-refractivity contribution in [2.24, 2.45) is 23.7 Å². The van der Waals surface area contributed by atoms with Gasteiger partial charge in [0.2, 0.25) is 11.8 Å². The van der Waals surface area contributed by atoms with Crippen molar-refractivity contribution in [1.29, 1.82) is 0 Å². The molecule has 2 fully saturated rings. The molecular weight excluding hydrogens is 809 g/mol. The molecule has 1 aromatic heterocycles. The van der Waals surface area contributed by atoms with Gasteiger partial charge in [0.15, 0.2) is 8.32 Å². The largest absolute Gasteiger partial charge is 0.462 e. The molecular formula is C46H62N6O9Si. The van der Waals surface area contributed by atoms with Crippen LogP contribution in [0.5, 0.6) is 0 Å². The second-order valence-electron chi connectivity index (χ2n) is 19.3. The zero-order valence-electron chi connectivity index (χ0n) is 37.0. The topological polar surface area (TPSA) is 187 Å². The summed E-state index contributed by atoms with van der Waals surface area (Å²) < 4.78 is 20.7. The number of piperidine rings is 1. The number of imide groups is 2. The Hall–Kier alpha value is -5.09. The van der Waals surface area contributed by atoms with Gasteiger partial charge in [0.05, 0.1) is 42.2 Å². The number of aromatic nitrogens is 2. The fourth-order valence-electron chi connectivity index (χ4n) is 9.40. The Bertz CT molecular complexity index is 2140. The van der Waals surface area contributed by atoms with Gasteiger partial charge in [0, 0.05) is 43.7 Å². The molecule has 0 spiro atoms. The first-order valence-corrected chi connectivity index (χ1v) is 25.1. The quantitative estimate of drug-likeness (QED) is 0.0798. The lowest BCUT2D eigenvalue weighted by Gasteiger charge is -2.44. The summed E-state index contributed by atoms with van der Waals surface area (Å²) in [6.45, 7) is 16.7. The van der Waals surface area contributed by atoms with E-state index in [0.29, 0.717) is 43.7 Å². The van der Waals surface area contributed by atoms with Gasteiger partial charge in [-0.3, -0.25) is 34.2 Å². The highest BCUT2D eigenvalue weighted by Gasteiger charge is 2.47. The Balaban J connectivity index is 0.885. The van der Waals surface area contributed by atoms with Crippen LogP contribution in [0.25, 0.3) is 0 Å². The predicted molar refractivity (Wildman–Crippen MR) is 233 cm³/mol. The van der Waals surface area contributed by atoms with Crippen molar-refractivity contribution in [2.75, 3.05) is 11.9 Å². The van der Waals surface area contributed by atoms with Crippen LogP contribution in [0.15, 0.2) is 54.5 Å². The van der Waals surface area contributed by atoms with E-state index in [9.17, 15) is 28.8 Å². The minimum absolute atomic E-state index is 0.0491. The number of amides is 5. The molecule has 5 aliphatic rings. The number of rotatable bonds is 14. The van der Waals surface area contributed by atoms with E-state index in [0.717, 1.165) is 24.2 Å². The predicted octanol–water partition coefficient (Wildman–Crippen LogP) is 6.66. The number of esters is 1. The van der Waals surface area contributed by atoms with Crippen molar-refractivity contribution < 1.29 is 42.7 Å². The molecule has 334 valence electrons. The van der Waals surface area contributed by atoms with Crippen LogP contribution < -0.4 is 16.0 Å². The first-order valence-electron chi connectivity index (χ1n) is 22.2. The van der Waals surface area contributed by atoms with E-state index in [1.165, 1.54) is 5.57 Å². The number of cyclic esters (lactones) is 1. The highest BCUT2D eigenvalue weighted by atomic mass is 28.4. The minimum atomic E-state index is -2.05. The smallest absolute Gasteiger partial charge is 0.407 e. The molecule has 3 N–H and O–H groups in total. The summed E-state index contributed by atoms with van der Waals surface area (Å²) in [6.07, 6.45) is 13.4. The Labute approximate surface area is 364 Å². The van der Waals surface area contributed by atoms with Gasteiger partial charge in [0.1, 0.15) is 18.2 Å². The number of hydrogen-bond acceptors (Lipinski definition) is 11. The summed E-state index contributed by atoms with van der Waals surface area (Å²) in [5.41, 5.74) is 2.75. The maximum atomic E-state index is 13.5. The lowest BCUT2D eigenvalue weighted by atomic mass is 9.65. The highest BCUT2D eigenvalue weighted by Crippen LogP contribution is 2.46. The van der Waals surface area contributed by atoms with Crippen LogP contribution in [0.4, 0.5) is 10.5 Å². The van der Waals surface area contributed by atoms with Crippen LogP contribution in [0.2, 0.25) is 18.1 Å². The molecule has 1 aromatic carbocycles. The van der Waals surface area contributed by atoms with Crippen molar-refractivity contribution >= 4 is 49.7 Å². The minimum Gasteiger partial charge on any atom is -0.462 e. The van der Waals surface area contributed by atoms with Gasteiger partial charge in [-0.25, -0.2) is 9.78 Å². The number of carbonyl (C=O) groups is 6. The monoisotopic (exact) mass is 870 g/mol. The second-order valence-corrected chi connectivity index (χ2v) is 24.0. The number of nitrogens with zero attached hydrogens (tertiary/aromatic N) is 3. The van der Waals surface area contributed by atoms with Crippen molar-refractivity contribution in [1.82, 2.24) is 25.1 Å². The number of anilines is 1. The average molecular weight is 871 g/mol. The van der Waals surface area contributed by atoms with Crippen LogP contribution in [0.1, 0.15) is 112 Å². The average Bonchev–Trinajstić information content (AvgIpc) is 3.75. The van der Waals surface area contributed by atoms with Crippen molar-refractivity contribution in [3.63, 3.8) is 0 Å². The number of allylic oxidation sites excluding steroid dienone is 3. The molecule has 1 unspecified atom stereocenters. The number of benzene rings is 1. The third-order valence-electron chi connectivity index (χ3n) is 13.6. The zero-order valence-corrected chi connectivity index (χ0v) is 38.0. The Kier molecular flexibility index (Phi) is 13.3. The Morgan fingerprint density at radius 1 is 1.06 bits per heavy atom. The van der Waals surface area contributed by atoms with Crippen LogP contribution in [-0.4, -0.2) is 89.4 Å². The molecule has 8 atom stereocenters. The fraction of sp³-hybridized carbons (Fsp3) is 0.587. The maximum absolute atomic E-state index is 13.5. The second kappa shape index (κ2) is 18.3. The molecule has 2 aliphatic carbocycles. The first kappa shape index (κ1) is 44.9. The third-order valence-corrected chi connectivity index (χ3v) is 18.2. The number of carbonyl (C=O) groups excluding carboxylic acids is 6. The highest BCUT2D eigenvalue weighted by molar-refractivity contribution is 6.74. The molecule has 62 heavy (non-hydrogen) atoms. The summed E-state index contributed by atoms with van der Waals surface area (Å²) in [4.78, 5) is 82.3. The molecule has 0 bridgehead atoms. The van der Waals surface area contributed by atoms with E-state index in [-0.39, 0.29) is 83.5 Å². The Morgan fingerprint density at radius 2 is 1.85 bits per heavy atom. The van der Waals surface area contributed by atoms with Crippen LogP contribution in [0.3, 0.4) is 0 Å². The number of nitrogens with one attached hydrogen (secondary N) is 3. The van der Waals surface area contributed by atoms with Gasteiger partial charge in [-0.2, -0.15) is 0 Å². The first-order chi connectivity index (χ1) is 29.4. The van der Waals surface area contributed by atoms with Gasteiger partial charge in [0.25, 0.3) is 11.8 Å². The van der Waals surface area contributed by atoms with E-state index >= 15 is 0 Å². The van der Waals surface area contributed by atoms with E-state index in [1.807, 2.05) is 10.8 Å². The molecule has 5 amide bonds. The molecule has 3 aliphatic heterocycles. The molecule has 15 nitrogen and oxygen atoms in total. The molecule has 2 aromatic rings. The van der Waals surface area contributed by atoms with Gasteiger partial charge in [-0.15, -0.1) is 0 Å². The standard InChI is InChI=1S/C46H62N6O9Si/c1-27-20-29-13-12-28(2)33(15-14-31-22-32(23-39(54)59-31)61-62(6,7)46(3,4)5)40(29)37(21-27)60-45(58)47-18-9-19-51-25-30(49-26-51)24-48-35-11-8-10-34-41(35)44(57)52(43(34)56)36-16-17-38(53)50-42(36)55/h8,10-13,20,25-28,31-33,36-37,40,48H,9,14-19,21-24H2,1-7H3,(H,47,58)(H,50,53,55)/t27-,28-,31+,32+,33-,36?,37-,40-/m0/s1. The zero-order chi connectivity index (χ0) is 44.5. The van der Waals surface area contributed by atoms with Gasteiger partial charge in [-0.1, -0.05) is 58.9 Å². The van der Waals surface area contributed by atoms with Crippen LogP contribution in [0, 0.1) is 23.7 Å². The summed E-state index contributed by atoms with van der Waals surface area (Å²) in [5, 5.41) is 8.45. The number of fused-ring (bicyclic) bond motifs is 2. The summed E-state index contributed by atoms with van der Waals surface area (Å²) in [7, 11) is -2.05. The van der Waals surface area contributed by atoms with E-state index < -0.39 is 44.1 Å². The molecule has 0 radical (unpaired) electrons. The van der Waals surface area contributed by atoms with E-state index in [2.05, 4.69) is 86.9 Å². The molecule has 2 saturated heterocycles. The number of alkyl carbamates (subject to hydrolysis) is 1. The Morgan fingerprint density at radius 3 is 2.61 bits per heavy atom. The van der Waals surface area contributed by atoms with Crippen molar-refractivity contribution in [3.05, 3.63) is 71.3 Å². The van der Waals surface area contributed by atoms with Gasteiger partial charge < -0.3 is 29.1 Å². The summed E-state index contributed by atoms with van der Waals surface area (Å²) in [6, 6.07) is 3.89. The van der Waals surface area contributed by atoms with Crippen LogP contribution in [-0.2, 0) is 41.4 Å². The summed E-state index contributed by atoms with van der Waals surface area (Å²) >= 11 is 0. The number of aryl methyl sites for hydroxylation is 1. The van der Waals surface area contributed by atoms with Crippen LogP contribution >= 0.6 is 0 Å². The molecule has 16 heteroatoms. The SMILES string of the molecule is C[C@H]1C=C2C=C[C@H](C)[C@H](CC[C@@H]3C[C@@H](O[Si](C)(C)C(C)(C)C)CC(=O)O3)[C@H]2[C@@H](OC(=O)NCCCn2cnc(CNc3cccc4c3C(=O)N(C3CCC(=O)NC3=O)C4=O)c2)C1. The van der Waals surface area contributed by atoms with Crippen molar-refractivity contribution in [2.45, 2.75) is 142 Å². The number of imidazole rings is 1. The van der Waals surface area contributed by atoms with Gasteiger partial charge in [-0.05, 0) is 85.7 Å². The number of ether oxygens (including phenoxy) is 2. The summed E-state index contributed by atoms with van der Waals surface area (Å²) in [5.74, 6) is -1.62. The van der Waals surface area contributed by atoms with Crippen molar-refractivity contribution in [3.8, 4) is 0 Å². The lowest BCUT2D eigenvalue weighted by molar-refractivity contribution is -0.160. The fourth-order valence-corrected chi connectivity index (χ4v) is 10.8.